The number of carbonyl (C=O) groups excluding carboxylic acids is 2. The van der Waals surface area contributed by atoms with E-state index in [1.54, 1.807) is 11.6 Å². The molecule has 3 aromatic rings. The highest BCUT2D eigenvalue weighted by molar-refractivity contribution is 6.29. The Labute approximate surface area is 204 Å². The molecule has 1 saturated carbocycles. The lowest BCUT2D eigenvalue weighted by atomic mass is 10.0. The molecule has 1 aliphatic rings. The largest absolute Gasteiger partial charge is 0.490 e. The molecule has 3 N–H and O–H groups in total. The lowest BCUT2D eigenvalue weighted by Gasteiger charge is -2.15. The van der Waals surface area contributed by atoms with Gasteiger partial charge in [-0.15, -0.1) is 0 Å². The van der Waals surface area contributed by atoms with Crippen LogP contribution in [0.3, 0.4) is 0 Å². The molecule has 0 atom stereocenters. The van der Waals surface area contributed by atoms with Gasteiger partial charge in [0.1, 0.15) is 5.75 Å². The van der Waals surface area contributed by atoms with Crippen molar-refractivity contribution in [3.05, 3.63) is 102 Å². The zero-order valence-corrected chi connectivity index (χ0v) is 19.3. The van der Waals surface area contributed by atoms with Gasteiger partial charge in [0.25, 0.3) is 11.8 Å². The third-order valence-electron chi connectivity index (χ3n) is 5.81. The Morgan fingerprint density at radius 2 is 1.60 bits per heavy atom. The van der Waals surface area contributed by atoms with Crippen LogP contribution in [0.5, 0.6) is 5.75 Å². The van der Waals surface area contributed by atoms with Gasteiger partial charge in [0, 0.05) is 17.3 Å². The Morgan fingerprint density at radius 1 is 0.886 bits per heavy atom. The number of para-hydroxylation sites is 1. The topological polar surface area (TPSA) is 87.7 Å². The minimum absolute atomic E-state index is 0.224. The maximum absolute atomic E-state index is 13.4. The number of ether oxygens (including phenoxy) is 1. The number of hydroxylamine groups is 1. The van der Waals surface area contributed by atoms with Crippen molar-refractivity contribution in [3.8, 4) is 5.75 Å². The van der Waals surface area contributed by atoms with Crippen molar-refractivity contribution in [2.45, 2.75) is 31.8 Å². The molecule has 2 amide bonds. The first-order valence-corrected chi connectivity index (χ1v) is 11.7. The van der Waals surface area contributed by atoms with Gasteiger partial charge < -0.3 is 10.1 Å². The minimum atomic E-state index is -0.603. The zero-order chi connectivity index (χ0) is 24.5. The van der Waals surface area contributed by atoms with E-state index in [2.05, 4.69) is 5.32 Å². The molecule has 3 aromatic carbocycles. The van der Waals surface area contributed by atoms with E-state index in [1.807, 2.05) is 84.9 Å². The van der Waals surface area contributed by atoms with Crippen LogP contribution in [0.15, 0.2) is 84.9 Å². The van der Waals surface area contributed by atoms with Gasteiger partial charge in [-0.25, -0.2) is 5.48 Å². The Bertz CT molecular complexity index is 1210. The summed E-state index contributed by atoms with van der Waals surface area (Å²) in [6.45, 7) is 0. The van der Waals surface area contributed by atoms with E-state index >= 15 is 0 Å². The van der Waals surface area contributed by atoms with Gasteiger partial charge in [0.05, 0.1) is 6.10 Å². The molecular formula is C29H28N2O4. The molecular weight excluding hydrogens is 440 g/mol. The number of anilines is 1. The van der Waals surface area contributed by atoms with E-state index in [-0.39, 0.29) is 12.0 Å². The molecule has 0 aliphatic heterocycles. The summed E-state index contributed by atoms with van der Waals surface area (Å²) in [6, 6.07) is 24.4. The van der Waals surface area contributed by atoms with Gasteiger partial charge in [0.15, 0.2) is 0 Å². The molecule has 0 unspecified atom stereocenters. The van der Waals surface area contributed by atoms with Crippen molar-refractivity contribution >= 4 is 35.2 Å². The van der Waals surface area contributed by atoms with Gasteiger partial charge in [-0.1, -0.05) is 54.6 Å². The third-order valence-corrected chi connectivity index (χ3v) is 5.81. The van der Waals surface area contributed by atoms with E-state index in [4.69, 9.17) is 9.94 Å². The maximum Gasteiger partial charge on any atom is 0.267 e. The monoisotopic (exact) mass is 468 g/mol. The van der Waals surface area contributed by atoms with Crippen molar-refractivity contribution in [1.82, 2.24) is 5.48 Å². The third kappa shape index (κ3) is 6.91. The van der Waals surface area contributed by atoms with E-state index in [9.17, 15) is 9.59 Å². The lowest BCUT2D eigenvalue weighted by molar-refractivity contribution is -0.124. The highest BCUT2D eigenvalue weighted by Gasteiger charge is 2.18. The Balaban J connectivity index is 1.62. The zero-order valence-electron chi connectivity index (χ0n) is 19.3. The summed E-state index contributed by atoms with van der Waals surface area (Å²) in [4.78, 5) is 24.6. The first kappa shape index (κ1) is 24.0. The highest BCUT2D eigenvalue weighted by atomic mass is 16.5. The fourth-order valence-corrected chi connectivity index (χ4v) is 4.01. The van der Waals surface area contributed by atoms with Crippen molar-refractivity contribution in [2.75, 3.05) is 5.32 Å². The average Bonchev–Trinajstić information content (AvgIpc) is 3.40. The summed E-state index contributed by atoms with van der Waals surface area (Å²) in [7, 11) is 0. The number of nitrogens with one attached hydrogen (secondary N) is 2. The van der Waals surface area contributed by atoms with Crippen LogP contribution >= 0.6 is 0 Å². The van der Waals surface area contributed by atoms with Gasteiger partial charge in [0.2, 0.25) is 0 Å². The van der Waals surface area contributed by atoms with Crippen molar-refractivity contribution in [3.63, 3.8) is 0 Å². The molecule has 1 aliphatic carbocycles. The Kier molecular flexibility index (Phi) is 8.09. The van der Waals surface area contributed by atoms with E-state index in [0.29, 0.717) is 11.3 Å². The number of hydrogen-bond acceptors (Lipinski definition) is 4. The van der Waals surface area contributed by atoms with Crippen LogP contribution in [-0.2, 0) is 9.59 Å². The molecule has 0 radical (unpaired) electrons. The Hall–Kier alpha value is -4.16. The molecule has 35 heavy (non-hydrogen) atoms. The normalized spacial score (nSPS) is 14.1. The second-order valence-corrected chi connectivity index (χ2v) is 8.41. The van der Waals surface area contributed by atoms with Crippen molar-refractivity contribution in [2.24, 2.45) is 0 Å². The molecule has 178 valence electrons. The maximum atomic E-state index is 13.4. The summed E-state index contributed by atoms with van der Waals surface area (Å²) in [5.74, 6) is -0.0678. The summed E-state index contributed by atoms with van der Waals surface area (Å²) >= 11 is 0. The fourth-order valence-electron chi connectivity index (χ4n) is 4.01. The van der Waals surface area contributed by atoms with Crippen LogP contribution in [0.4, 0.5) is 5.69 Å². The number of hydrogen-bond donors (Lipinski definition) is 3. The fraction of sp³-hybridized carbons (Fsp3) is 0.172. The molecule has 0 saturated heterocycles. The molecule has 0 aromatic heterocycles. The molecule has 0 bridgehead atoms. The van der Waals surface area contributed by atoms with Gasteiger partial charge >= 0.3 is 0 Å². The van der Waals surface area contributed by atoms with Crippen LogP contribution in [-0.4, -0.2) is 23.1 Å². The molecule has 0 heterocycles. The second-order valence-electron chi connectivity index (χ2n) is 8.41. The summed E-state index contributed by atoms with van der Waals surface area (Å²) in [5, 5.41) is 11.6. The van der Waals surface area contributed by atoms with Crippen LogP contribution in [0.2, 0.25) is 0 Å². The smallest absolute Gasteiger partial charge is 0.267 e. The summed E-state index contributed by atoms with van der Waals surface area (Å²) in [5.41, 5.74) is 5.16. The first-order valence-electron chi connectivity index (χ1n) is 11.7. The summed E-state index contributed by atoms with van der Waals surface area (Å²) in [6.07, 6.45) is 9.37. The molecule has 6 heteroatoms. The van der Waals surface area contributed by atoms with Gasteiger partial charge in [-0.3, -0.25) is 14.8 Å². The molecule has 6 nitrogen and oxygen atoms in total. The van der Waals surface area contributed by atoms with Crippen molar-refractivity contribution < 1.29 is 19.5 Å². The minimum Gasteiger partial charge on any atom is -0.490 e. The van der Waals surface area contributed by atoms with Gasteiger partial charge in [-0.2, -0.15) is 0 Å². The predicted molar refractivity (Wildman–Crippen MR) is 138 cm³/mol. The van der Waals surface area contributed by atoms with Crippen LogP contribution < -0.4 is 15.5 Å². The van der Waals surface area contributed by atoms with Crippen LogP contribution in [0.1, 0.15) is 42.4 Å². The van der Waals surface area contributed by atoms with E-state index in [1.165, 1.54) is 18.9 Å². The van der Waals surface area contributed by atoms with Crippen LogP contribution in [0, 0.1) is 0 Å². The number of carbonyl (C=O) groups is 2. The molecule has 4 rings (SSSR count). The van der Waals surface area contributed by atoms with E-state index < -0.39 is 5.91 Å². The number of rotatable bonds is 8. The molecule has 0 spiro atoms. The highest BCUT2D eigenvalue weighted by Crippen LogP contribution is 2.28. The summed E-state index contributed by atoms with van der Waals surface area (Å²) < 4.78 is 6.17. The standard InChI is InChI=1S/C29H28N2O4/c32-28(31-34)18-17-21-13-15-22(16-14-21)19-27(29(33)30-24-8-2-1-3-9-24)23-7-6-12-26(20-23)35-25-10-4-5-11-25/h1-3,6-9,12-20,25,34H,4-5,10-11H2,(H,30,33)(H,31,32)/b18-17+,27-19+. The van der Waals surface area contributed by atoms with E-state index in [0.717, 1.165) is 35.3 Å². The van der Waals surface area contributed by atoms with Crippen molar-refractivity contribution in [1.29, 1.82) is 0 Å². The quantitative estimate of drug-likeness (QED) is 0.171. The lowest BCUT2D eigenvalue weighted by Crippen LogP contribution is -2.14. The number of benzene rings is 3. The second kappa shape index (κ2) is 11.8. The molecule has 1 fully saturated rings. The van der Waals surface area contributed by atoms with Crippen LogP contribution in [0.25, 0.3) is 17.7 Å². The predicted octanol–water partition coefficient (Wildman–Crippen LogP) is 5.71. The SMILES string of the molecule is O=C(/C=C/c1ccc(/C=C(/C(=O)Nc2ccccc2)c2cccc(OC3CCCC3)c2)cc1)NO. The number of amides is 2. The Morgan fingerprint density at radius 3 is 2.31 bits per heavy atom. The van der Waals surface area contributed by atoms with Gasteiger partial charge in [-0.05, 0) is 78.8 Å². The average molecular weight is 469 g/mol. The first-order chi connectivity index (χ1) is 17.1.